The van der Waals surface area contributed by atoms with E-state index in [9.17, 15) is 0 Å². The second kappa shape index (κ2) is 9.72. The predicted octanol–water partition coefficient (Wildman–Crippen LogP) is 4.77. The Kier molecular flexibility index (Phi) is 7.07. The summed E-state index contributed by atoms with van der Waals surface area (Å²) in [6.45, 7) is 7.13. The van der Waals surface area contributed by atoms with Gasteiger partial charge in [0.15, 0.2) is 5.11 Å². The molecule has 1 aliphatic heterocycles. The quantitative estimate of drug-likeness (QED) is 0.696. The van der Waals surface area contributed by atoms with Crippen molar-refractivity contribution in [2.75, 3.05) is 25.1 Å². The molecule has 0 radical (unpaired) electrons. The van der Waals surface area contributed by atoms with Crippen LogP contribution >= 0.6 is 12.2 Å². The lowest BCUT2D eigenvalue weighted by Gasteiger charge is -2.29. The Labute approximate surface area is 167 Å². The van der Waals surface area contributed by atoms with Gasteiger partial charge in [-0.1, -0.05) is 36.4 Å². The Bertz CT molecular complexity index is 759. The van der Waals surface area contributed by atoms with Gasteiger partial charge in [-0.05, 0) is 62.2 Å². The normalized spacial score (nSPS) is 16.1. The van der Waals surface area contributed by atoms with Gasteiger partial charge < -0.3 is 19.7 Å². The van der Waals surface area contributed by atoms with Crippen LogP contribution in [0.2, 0.25) is 0 Å². The molecule has 4 nitrogen and oxygen atoms in total. The fourth-order valence-corrected chi connectivity index (χ4v) is 3.54. The highest BCUT2D eigenvalue weighted by Gasteiger charge is 2.22. The number of anilines is 1. The first-order valence-electron chi connectivity index (χ1n) is 9.61. The number of rotatable bonds is 7. The van der Waals surface area contributed by atoms with E-state index < -0.39 is 0 Å². The highest BCUT2D eigenvalue weighted by Crippen LogP contribution is 2.25. The van der Waals surface area contributed by atoms with Crippen molar-refractivity contribution in [2.24, 2.45) is 0 Å². The van der Waals surface area contributed by atoms with Gasteiger partial charge in [0.05, 0.1) is 18.4 Å². The number of nitrogens with zero attached hydrogens (tertiary/aromatic N) is 1. The zero-order valence-electron chi connectivity index (χ0n) is 16.1. The first kappa shape index (κ1) is 19.6. The van der Waals surface area contributed by atoms with Gasteiger partial charge in [0.2, 0.25) is 0 Å². The zero-order chi connectivity index (χ0) is 19.1. The molecule has 2 aromatic carbocycles. The number of para-hydroxylation sites is 2. The molecule has 2 aromatic rings. The van der Waals surface area contributed by atoms with Crippen LogP contribution in [-0.2, 0) is 11.3 Å². The highest BCUT2D eigenvalue weighted by atomic mass is 32.1. The van der Waals surface area contributed by atoms with Crippen LogP contribution in [0, 0.1) is 6.92 Å². The second-order valence-corrected chi connectivity index (χ2v) is 7.19. The van der Waals surface area contributed by atoms with E-state index in [0.717, 1.165) is 44.0 Å². The van der Waals surface area contributed by atoms with E-state index in [1.165, 1.54) is 11.1 Å². The smallest absolute Gasteiger partial charge is 0.173 e. The van der Waals surface area contributed by atoms with Crippen LogP contribution in [-0.4, -0.2) is 35.9 Å². The number of aryl methyl sites for hydroxylation is 1. The summed E-state index contributed by atoms with van der Waals surface area (Å²) in [4.78, 5) is 2.20. The minimum absolute atomic E-state index is 0.232. The standard InChI is InChI=1S/C22H28N2O2S/c1-3-25-21-13-7-6-12-20(21)23-22(27)24(16-19-11-8-14-26-19)15-18-10-5-4-9-17(18)2/h4-7,9-10,12-13,19H,3,8,11,14-16H2,1-2H3,(H,23,27). The van der Waals surface area contributed by atoms with Gasteiger partial charge in [0, 0.05) is 19.7 Å². The van der Waals surface area contributed by atoms with Crippen LogP contribution in [0.1, 0.15) is 30.9 Å². The maximum absolute atomic E-state index is 5.86. The van der Waals surface area contributed by atoms with Gasteiger partial charge in [-0.15, -0.1) is 0 Å². The Morgan fingerprint density at radius 1 is 1.22 bits per heavy atom. The van der Waals surface area contributed by atoms with Crippen molar-refractivity contribution in [2.45, 2.75) is 39.3 Å². The first-order chi connectivity index (χ1) is 13.2. The van der Waals surface area contributed by atoms with Gasteiger partial charge in [0.1, 0.15) is 5.75 Å². The van der Waals surface area contributed by atoms with Crippen molar-refractivity contribution in [3.63, 3.8) is 0 Å². The molecule has 1 fully saturated rings. The summed E-state index contributed by atoms with van der Waals surface area (Å²) in [6, 6.07) is 16.4. The van der Waals surface area contributed by atoms with Crippen molar-refractivity contribution >= 4 is 23.0 Å². The molecule has 144 valence electrons. The Morgan fingerprint density at radius 2 is 2.00 bits per heavy atom. The molecule has 1 unspecified atom stereocenters. The van der Waals surface area contributed by atoms with Gasteiger partial charge in [-0.2, -0.15) is 0 Å². The summed E-state index contributed by atoms with van der Waals surface area (Å²) in [6.07, 6.45) is 2.44. The first-order valence-corrected chi connectivity index (χ1v) is 10.0. The van der Waals surface area contributed by atoms with E-state index in [0.29, 0.717) is 11.7 Å². The van der Waals surface area contributed by atoms with Crippen LogP contribution in [0.25, 0.3) is 0 Å². The van der Waals surface area contributed by atoms with E-state index in [1.54, 1.807) is 0 Å². The van der Waals surface area contributed by atoms with Crippen LogP contribution in [0.5, 0.6) is 5.75 Å². The third-order valence-corrected chi connectivity index (χ3v) is 5.15. The molecule has 0 saturated carbocycles. The summed E-state index contributed by atoms with van der Waals surface area (Å²) in [5.41, 5.74) is 3.44. The van der Waals surface area contributed by atoms with Crippen molar-refractivity contribution in [3.05, 3.63) is 59.7 Å². The summed E-state index contributed by atoms with van der Waals surface area (Å²) >= 11 is 5.78. The average Bonchev–Trinajstić information content (AvgIpc) is 3.18. The topological polar surface area (TPSA) is 33.7 Å². The molecule has 27 heavy (non-hydrogen) atoms. The second-order valence-electron chi connectivity index (χ2n) is 6.80. The minimum atomic E-state index is 0.232. The molecule has 0 bridgehead atoms. The van der Waals surface area contributed by atoms with Crippen LogP contribution in [0.15, 0.2) is 48.5 Å². The van der Waals surface area contributed by atoms with Gasteiger partial charge >= 0.3 is 0 Å². The molecule has 0 aromatic heterocycles. The molecular weight excluding hydrogens is 356 g/mol. The Morgan fingerprint density at radius 3 is 2.74 bits per heavy atom. The maximum Gasteiger partial charge on any atom is 0.173 e. The van der Waals surface area contributed by atoms with Gasteiger partial charge in [-0.25, -0.2) is 0 Å². The molecule has 1 atom stereocenters. The van der Waals surface area contributed by atoms with Crippen LogP contribution in [0.4, 0.5) is 5.69 Å². The summed E-state index contributed by atoms with van der Waals surface area (Å²) in [5.74, 6) is 0.815. The Balaban J connectivity index is 1.76. The summed E-state index contributed by atoms with van der Waals surface area (Å²) in [7, 11) is 0. The predicted molar refractivity (Wildman–Crippen MR) is 114 cm³/mol. The maximum atomic E-state index is 5.86. The number of hydrogen-bond donors (Lipinski definition) is 1. The number of nitrogens with one attached hydrogen (secondary N) is 1. The molecule has 0 amide bonds. The van der Waals surface area contributed by atoms with E-state index in [2.05, 4.69) is 41.4 Å². The van der Waals surface area contributed by atoms with Gasteiger partial charge in [-0.3, -0.25) is 0 Å². The number of ether oxygens (including phenoxy) is 2. The largest absolute Gasteiger partial charge is 0.492 e. The van der Waals surface area contributed by atoms with E-state index in [1.807, 2.05) is 31.2 Å². The fraction of sp³-hybridized carbons (Fsp3) is 0.409. The van der Waals surface area contributed by atoms with E-state index in [4.69, 9.17) is 21.7 Å². The number of thiocarbonyl (C=S) groups is 1. The third-order valence-electron chi connectivity index (χ3n) is 4.79. The molecule has 1 heterocycles. The molecule has 1 N–H and O–H groups in total. The van der Waals surface area contributed by atoms with Crippen molar-refractivity contribution in [3.8, 4) is 5.75 Å². The number of hydrogen-bond acceptors (Lipinski definition) is 3. The molecule has 0 aliphatic carbocycles. The van der Waals surface area contributed by atoms with E-state index >= 15 is 0 Å². The Hall–Kier alpha value is -2.11. The SMILES string of the molecule is CCOc1ccccc1NC(=S)N(Cc1ccccc1C)CC1CCCO1. The molecule has 0 spiro atoms. The number of benzene rings is 2. The molecular formula is C22H28N2O2S. The molecule has 3 rings (SSSR count). The third kappa shape index (κ3) is 5.44. The average molecular weight is 385 g/mol. The lowest BCUT2D eigenvalue weighted by atomic mass is 10.1. The fourth-order valence-electron chi connectivity index (χ4n) is 3.29. The van der Waals surface area contributed by atoms with Crippen LogP contribution in [0.3, 0.4) is 0 Å². The highest BCUT2D eigenvalue weighted by molar-refractivity contribution is 7.80. The molecule has 5 heteroatoms. The van der Waals surface area contributed by atoms with Crippen LogP contribution < -0.4 is 10.1 Å². The minimum Gasteiger partial charge on any atom is -0.492 e. The monoisotopic (exact) mass is 384 g/mol. The van der Waals surface area contributed by atoms with Crippen molar-refractivity contribution in [1.82, 2.24) is 4.90 Å². The molecule has 1 saturated heterocycles. The molecule has 1 aliphatic rings. The lowest BCUT2D eigenvalue weighted by molar-refractivity contribution is 0.0905. The lowest BCUT2D eigenvalue weighted by Crippen LogP contribution is -2.39. The summed E-state index contributed by atoms with van der Waals surface area (Å²) in [5, 5.41) is 4.08. The zero-order valence-corrected chi connectivity index (χ0v) is 16.9. The van der Waals surface area contributed by atoms with Crippen molar-refractivity contribution in [1.29, 1.82) is 0 Å². The summed E-state index contributed by atoms with van der Waals surface area (Å²) < 4.78 is 11.6. The van der Waals surface area contributed by atoms with E-state index in [-0.39, 0.29) is 6.10 Å². The van der Waals surface area contributed by atoms with Crippen molar-refractivity contribution < 1.29 is 9.47 Å². The van der Waals surface area contributed by atoms with Gasteiger partial charge in [0.25, 0.3) is 0 Å².